The van der Waals surface area contributed by atoms with Gasteiger partial charge in [-0.1, -0.05) is 0 Å². The lowest BCUT2D eigenvalue weighted by Crippen LogP contribution is -2.51. The van der Waals surface area contributed by atoms with Gasteiger partial charge in [0.05, 0.1) is 6.61 Å². The molecule has 4 N–H and O–H groups in total. The summed E-state index contributed by atoms with van der Waals surface area (Å²) in [7, 11) is 0. The van der Waals surface area contributed by atoms with Crippen LogP contribution in [-0.4, -0.2) is 71.7 Å². The molecule has 188 valence electrons. The van der Waals surface area contributed by atoms with E-state index in [4.69, 9.17) is 15.2 Å². The van der Waals surface area contributed by atoms with E-state index in [2.05, 4.69) is 15.7 Å². The monoisotopic (exact) mass is 472 g/mol. The first-order chi connectivity index (χ1) is 15.4. The fourth-order valence-electron chi connectivity index (χ4n) is 3.39. The van der Waals surface area contributed by atoms with Crippen molar-refractivity contribution in [1.82, 2.24) is 15.5 Å². The van der Waals surface area contributed by atoms with E-state index in [-0.39, 0.29) is 36.7 Å². The van der Waals surface area contributed by atoms with Crippen LogP contribution in [0.15, 0.2) is 5.10 Å². The molecular formula is C20H36N6O7. The van der Waals surface area contributed by atoms with Gasteiger partial charge in [-0.25, -0.2) is 14.9 Å². The zero-order valence-electron chi connectivity index (χ0n) is 19.8. The summed E-state index contributed by atoms with van der Waals surface area (Å²) in [4.78, 5) is 49.1. The predicted molar refractivity (Wildman–Crippen MR) is 120 cm³/mol. The van der Waals surface area contributed by atoms with Crippen molar-refractivity contribution in [2.75, 3.05) is 26.2 Å². The molecular weight excluding hydrogens is 436 g/mol. The Kier molecular flexibility index (Phi) is 11.4. The topological polar surface area (TPSA) is 178 Å². The van der Waals surface area contributed by atoms with Crippen molar-refractivity contribution < 1.29 is 28.9 Å². The highest BCUT2D eigenvalue weighted by molar-refractivity contribution is 5.86. The maximum absolute atomic E-state index is 13.1. The molecule has 1 aliphatic heterocycles. The highest BCUT2D eigenvalue weighted by Crippen LogP contribution is 2.22. The van der Waals surface area contributed by atoms with Gasteiger partial charge in [0.15, 0.2) is 5.03 Å². The van der Waals surface area contributed by atoms with Crippen molar-refractivity contribution >= 4 is 23.9 Å². The Labute approximate surface area is 193 Å². The van der Waals surface area contributed by atoms with Crippen LogP contribution in [0.4, 0.5) is 4.79 Å². The van der Waals surface area contributed by atoms with Crippen molar-refractivity contribution in [2.24, 2.45) is 16.8 Å². The number of alkyl carbamates (subject to hydrolysis) is 1. The third kappa shape index (κ3) is 11.9. The average molecular weight is 473 g/mol. The summed E-state index contributed by atoms with van der Waals surface area (Å²) in [6.45, 7) is 8.43. The van der Waals surface area contributed by atoms with E-state index >= 15 is 0 Å². The number of hydrogen-bond acceptors (Lipinski definition) is 7. The van der Waals surface area contributed by atoms with Gasteiger partial charge in [0.1, 0.15) is 16.7 Å². The molecule has 1 atom stereocenters. The summed E-state index contributed by atoms with van der Waals surface area (Å²) in [5.41, 5.74) is 4.66. The first-order valence-corrected chi connectivity index (χ1v) is 11.1. The van der Waals surface area contributed by atoms with Crippen LogP contribution in [0.3, 0.4) is 0 Å². The Bertz CT molecular complexity index is 714. The zero-order chi connectivity index (χ0) is 25.0. The number of hydrazone groups is 1. The minimum atomic E-state index is -0.912. The van der Waals surface area contributed by atoms with E-state index in [0.29, 0.717) is 45.4 Å². The second-order valence-corrected chi connectivity index (χ2v) is 8.77. The van der Waals surface area contributed by atoms with Crippen LogP contribution in [-0.2, 0) is 19.1 Å². The highest BCUT2D eigenvalue weighted by Gasteiger charge is 2.31. The number of ether oxygens (including phenoxy) is 2. The number of hydrogen-bond donors (Lipinski definition) is 3. The van der Waals surface area contributed by atoms with Crippen LogP contribution in [0.1, 0.15) is 59.8 Å². The largest absolute Gasteiger partial charge is 0.466 e. The average Bonchev–Trinajstić information content (AvgIpc) is 2.68. The molecule has 0 aliphatic carbocycles. The number of nitrogens with one attached hydrogen (secondary N) is 2. The molecule has 2 amide bonds. The second kappa shape index (κ2) is 13.4. The fourth-order valence-corrected chi connectivity index (χ4v) is 3.39. The number of nitro groups is 1. The van der Waals surface area contributed by atoms with E-state index in [9.17, 15) is 24.5 Å². The molecule has 1 fully saturated rings. The van der Waals surface area contributed by atoms with Crippen molar-refractivity contribution in [3.8, 4) is 0 Å². The number of carbonyl (C=O) groups excluding carboxylic acids is 3. The number of rotatable bonds is 10. The molecule has 0 aromatic heterocycles. The molecule has 13 nitrogen and oxygen atoms in total. The van der Waals surface area contributed by atoms with E-state index in [1.54, 1.807) is 32.6 Å². The molecule has 33 heavy (non-hydrogen) atoms. The summed E-state index contributed by atoms with van der Waals surface area (Å²) >= 11 is 0. The van der Waals surface area contributed by atoms with Gasteiger partial charge in [-0.05, 0) is 59.3 Å². The molecule has 0 saturated carbocycles. The lowest BCUT2D eigenvalue weighted by Gasteiger charge is -2.34. The van der Waals surface area contributed by atoms with Gasteiger partial charge in [0.25, 0.3) is 5.96 Å². The van der Waals surface area contributed by atoms with Gasteiger partial charge in [-0.3, -0.25) is 9.59 Å². The number of nitrogens with two attached hydrogens (primary N) is 1. The number of esters is 1. The van der Waals surface area contributed by atoms with Crippen molar-refractivity contribution in [3.63, 3.8) is 0 Å². The standard InChI is InChI=1S/C20H36N6O7/c1-5-32-16(27)13-14-8-11-25(12-9-14)17(28)15(23-19(29)33-20(2,3)4)7-6-10-22-18(21)24-26(30)31/h14-15H,5-13H2,1-4H3,(H,23,29)(H3,21,22,24)/t15-/m0/s1. The van der Waals surface area contributed by atoms with Gasteiger partial charge in [0, 0.05) is 26.1 Å². The van der Waals surface area contributed by atoms with Crippen LogP contribution in [0.25, 0.3) is 0 Å². The molecule has 0 aromatic carbocycles. The van der Waals surface area contributed by atoms with E-state index in [0.717, 1.165) is 0 Å². The molecule has 1 heterocycles. The lowest BCUT2D eigenvalue weighted by atomic mass is 9.93. The molecule has 0 bridgehead atoms. The third-order valence-corrected chi connectivity index (χ3v) is 4.84. The Morgan fingerprint density at radius 3 is 2.45 bits per heavy atom. The van der Waals surface area contributed by atoms with Crippen LogP contribution in [0, 0.1) is 16.0 Å². The van der Waals surface area contributed by atoms with Gasteiger partial charge < -0.3 is 30.7 Å². The first-order valence-electron chi connectivity index (χ1n) is 11.1. The Morgan fingerprint density at radius 2 is 1.91 bits per heavy atom. The smallest absolute Gasteiger partial charge is 0.408 e. The molecule has 0 unspecified atom stereocenters. The fraction of sp³-hybridized carbons (Fsp3) is 0.800. The molecule has 0 aromatic rings. The van der Waals surface area contributed by atoms with Gasteiger partial charge in [0.2, 0.25) is 5.91 Å². The maximum Gasteiger partial charge on any atom is 0.408 e. The number of carbonyl (C=O) groups is 3. The van der Waals surface area contributed by atoms with Crippen LogP contribution >= 0.6 is 0 Å². The Morgan fingerprint density at radius 1 is 1.27 bits per heavy atom. The molecule has 1 aliphatic rings. The maximum atomic E-state index is 13.1. The summed E-state index contributed by atoms with van der Waals surface area (Å²) in [5, 5.41) is 17.6. The minimum Gasteiger partial charge on any atom is -0.466 e. The van der Waals surface area contributed by atoms with Crippen molar-refractivity contribution in [2.45, 2.75) is 71.4 Å². The molecule has 0 spiro atoms. The third-order valence-electron chi connectivity index (χ3n) is 4.84. The van der Waals surface area contributed by atoms with E-state index in [1.807, 2.05) is 0 Å². The Hall–Kier alpha value is -3.12. The lowest BCUT2D eigenvalue weighted by molar-refractivity contribution is -0.485. The molecule has 1 rings (SSSR count). The summed E-state index contributed by atoms with van der Waals surface area (Å²) in [6.07, 6.45) is 1.60. The SMILES string of the molecule is CCOC(=O)CC1CCN(C(=O)[C@H](CCCN/C(N)=N/[N+](=O)[O-])NC(=O)OC(C)(C)C)CC1. The van der Waals surface area contributed by atoms with E-state index in [1.165, 1.54) is 0 Å². The number of piperidine rings is 1. The van der Waals surface area contributed by atoms with Crippen LogP contribution in [0.5, 0.6) is 0 Å². The van der Waals surface area contributed by atoms with Gasteiger partial charge in [-0.2, -0.15) is 0 Å². The number of nitrogens with zero attached hydrogens (tertiary/aromatic N) is 3. The zero-order valence-corrected chi connectivity index (χ0v) is 19.8. The second-order valence-electron chi connectivity index (χ2n) is 8.77. The summed E-state index contributed by atoms with van der Waals surface area (Å²) in [5.74, 6) is -0.674. The molecule has 0 radical (unpaired) electrons. The summed E-state index contributed by atoms with van der Waals surface area (Å²) < 4.78 is 10.3. The highest BCUT2D eigenvalue weighted by atomic mass is 16.7. The predicted octanol–water partition coefficient (Wildman–Crippen LogP) is 0.948. The minimum absolute atomic E-state index is 0.151. The Balaban J connectivity index is 2.68. The normalized spacial score (nSPS) is 16.0. The first kappa shape index (κ1) is 27.9. The quantitative estimate of drug-likeness (QED) is 0.104. The van der Waals surface area contributed by atoms with Gasteiger partial charge in [-0.15, -0.1) is 0 Å². The number of amides is 2. The summed E-state index contributed by atoms with van der Waals surface area (Å²) in [6, 6.07) is -0.836. The molecule has 13 heteroatoms. The van der Waals surface area contributed by atoms with Gasteiger partial charge >= 0.3 is 12.1 Å². The number of guanidine groups is 1. The van der Waals surface area contributed by atoms with Crippen molar-refractivity contribution in [3.05, 3.63) is 10.1 Å². The van der Waals surface area contributed by atoms with Crippen molar-refractivity contribution in [1.29, 1.82) is 0 Å². The van der Waals surface area contributed by atoms with E-state index < -0.39 is 22.8 Å². The number of likely N-dealkylation sites (tertiary alicyclic amines) is 1. The van der Waals surface area contributed by atoms with Crippen LogP contribution in [0.2, 0.25) is 0 Å². The van der Waals surface area contributed by atoms with Crippen LogP contribution < -0.4 is 16.4 Å². The molecule has 1 saturated heterocycles.